The van der Waals surface area contributed by atoms with E-state index in [-0.39, 0.29) is 13.2 Å². The first-order valence-electron chi connectivity index (χ1n) is 6.01. The van der Waals surface area contributed by atoms with E-state index in [2.05, 4.69) is 19.7 Å². The highest BCUT2D eigenvalue weighted by molar-refractivity contribution is 5.86. The summed E-state index contributed by atoms with van der Waals surface area (Å²) in [6.07, 6.45) is 6.98. The summed E-state index contributed by atoms with van der Waals surface area (Å²) in [6.45, 7) is 11.0. The van der Waals surface area contributed by atoms with Gasteiger partial charge in [-0.25, -0.2) is 0 Å². The smallest absolute Gasteiger partial charge is 0.314 e. The molecule has 1 aliphatic rings. The van der Waals surface area contributed by atoms with Crippen LogP contribution in [0.1, 0.15) is 6.42 Å². The monoisotopic (exact) mass is 262 g/mol. The number of allylic oxidation sites excluding steroid dienone is 1. The van der Waals surface area contributed by atoms with Gasteiger partial charge in [0.15, 0.2) is 0 Å². The van der Waals surface area contributed by atoms with E-state index in [9.17, 15) is 9.59 Å². The summed E-state index contributed by atoms with van der Waals surface area (Å²) in [4.78, 5) is 23.9. The fourth-order valence-corrected chi connectivity index (χ4v) is 1.85. The van der Waals surface area contributed by atoms with Gasteiger partial charge in [-0.05, 0) is 6.42 Å². The highest BCUT2D eigenvalue weighted by atomic mass is 16.5. The fourth-order valence-electron chi connectivity index (χ4n) is 1.85. The van der Waals surface area contributed by atoms with Gasteiger partial charge in [-0.1, -0.05) is 49.6 Å². The topological polar surface area (TPSA) is 52.6 Å². The van der Waals surface area contributed by atoms with E-state index in [1.165, 1.54) is 12.2 Å². The Balaban J connectivity index is 2.82. The number of rotatable bonds is 6. The second-order valence-corrected chi connectivity index (χ2v) is 4.13. The predicted molar refractivity (Wildman–Crippen MR) is 72.2 cm³/mol. The van der Waals surface area contributed by atoms with Crippen LogP contribution in [0.4, 0.5) is 0 Å². The van der Waals surface area contributed by atoms with Crippen molar-refractivity contribution in [1.29, 1.82) is 0 Å². The molecule has 0 aromatic carbocycles. The lowest BCUT2D eigenvalue weighted by Gasteiger charge is -2.26. The van der Waals surface area contributed by atoms with Gasteiger partial charge in [0.25, 0.3) is 0 Å². The molecule has 0 saturated carbocycles. The second kappa shape index (κ2) is 7.36. The van der Waals surface area contributed by atoms with E-state index in [4.69, 9.17) is 9.47 Å². The van der Waals surface area contributed by atoms with Gasteiger partial charge in [-0.15, -0.1) is 0 Å². The number of esters is 2. The minimum atomic E-state index is -0.692. The zero-order valence-corrected chi connectivity index (χ0v) is 10.8. The molecule has 0 heterocycles. The minimum Gasteiger partial charge on any atom is -0.461 e. The summed E-state index contributed by atoms with van der Waals surface area (Å²) >= 11 is 0. The molecule has 0 fully saturated rings. The molecule has 0 aromatic heterocycles. The van der Waals surface area contributed by atoms with Crippen molar-refractivity contribution in [1.82, 2.24) is 0 Å². The van der Waals surface area contributed by atoms with Crippen LogP contribution >= 0.6 is 0 Å². The first-order valence-corrected chi connectivity index (χ1v) is 6.01. The Labute approximate surface area is 113 Å². The van der Waals surface area contributed by atoms with E-state index < -0.39 is 23.8 Å². The summed E-state index contributed by atoms with van der Waals surface area (Å²) in [5, 5.41) is 0. The zero-order chi connectivity index (χ0) is 14.3. The molecule has 4 heteroatoms. The summed E-state index contributed by atoms with van der Waals surface area (Å²) < 4.78 is 9.99. The number of carbonyl (C=O) groups excluding carboxylic acids is 2. The van der Waals surface area contributed by atoms with Crippen molar-refractivity contribution in [2.45, 2.75) is 6.42 Å². The molecular formula is C15H18O4. The normalized spacial score (nSPS) is 21.6. The molecule has 2 atom stereocenters. The van der Waals surface area contributed by atoms with Crippen molar-refractivity contribution < 1.29 is 19.1 Å². The minimum absolute atomic E-state index is 0.112. The van der Waals surface area contributed by atoms with Crippen LogP contribution < -0.4 is 0 Å². The van der Waals surface area contributed by atoms with Crippen LogP contribution in [0.2, 0.25) is 0 Å². The fraction of sp³-hybridized carbons (Fsp3) is 0.333. The largest absolute Gasteiger partial charge is 0.461 e. The van der Waals surface area contributed by atoms with Crippen LogP contribution in [0.3, 0.4) is 0 Å². The predicted octanol–water partition coefficient (Wildman–Crippen LogP) is 2.19. The molecule has 0 radical (unpaired) electrons. The molecule has 19 heavy (non-hydrogen) atoms. The van der Waals surface area contributed by atoms with Gasteiger partial charge in [0.05, 0.1) is 11.8 Å². The Hall–Kier alpha value is -2.10. The van der Waals surface area contributed by atoms with Gasteiger partial charge in [-0.3, -0.25) is 9.59 Å². The first kappa shape index (κ1) is 15.0. The van der Waals surface area contributed by atoms with E-state index in [1.807, 2.05) is 0 Å². The van der Waals surface area contributed by atoms with Crippen molar-refractivity contribution >= 4 is 11.9 Å². The average Bonchev–Trinajstić information content (AvgIpc) is 2.41. The third-order valence-electron chi connectivity index (χ3n) is 2.74. The van der Waals surface area contributed by atoms with E-state index in [0.29, 0.717) is 12.0 Å². The van der Waals surface area contributed by atoms with Gasteiger partial charge in [0, 0.05) is 0 Å². The first-order chi connectivity index (χ1) is 9.11. The molecule has 0 saturated heterocycles. The van der Waals surface area contributed by atoms with Crippen LogP contribution in [0.5, 0.6) is 0 Å². The Bertz CT molecular complexity index is 420. The number of hydrogen-bond donors (Lipinski definition) is 0. The van der Waals surface area contributed by atoms with E-state index in [0.717, 1.165) is 0 Å². The molecule has 0 aliphatic heterocycles. The lowest BCUT2D eigenvalue weighted by atomic mass is 9.80. The maximum atomic E-state index is 12.0. The molecule has 0 amide bonds. The van der Waals surface area contributed by atoms with Gasteiger partial charge < -0.3 is 9.47 Å². The van der Waals surface area contributed by atoms with Crippen molar-refractivity contribution in [3.05, 3.63) is 49.6 Å². The summed E-state index contributed by atoms with van der Waals surface area (Å²) in [6, 6.07) is 0. The van der Waals surface area contributed by atoms with Crippen molar-refractivity contribution in [2.24, 2.45) is 11.8 Å². The Morgan fingerprint density at radius 1 is 1.21 bits per heavy atom. The summed E-state index contributed by atoms with van der Waals surface area (Å²) in [7, 11) is 0. The molecule has 0 bridgehead atoms. The molecule has 102 valence electrons. The van der Waals surface area contributed by atoms with Gasteiger partial charge >= 0.3 is 11.9 Å². The molecular weight excluding hydrogens is 244 g/mol. The highest BCUT2D eigenvalue weighted by Gasteiger charge is 2.37. The average molecular weight is 262 g/mol. The summed E-state index contributed by atoms with van der Waals surface area (Å²) in [5.41, 5.74) is 0.650. The molecule has 4 nitrogen and oxygen atoms in total. The lowest BCUT2D eigenvalue weighted by Crippen LogP contribution is -2.34. The number of ether oxygens (including phenoxy) is 2. The second-order valence-electron chi connectivity index (χ2n) is 4.13. The van der Waals surface area contributed by atoms with Crippen LogP contribution in [0.25, 0.3) is 0 Å². The third-order valence-corrected chi connectivity index (χ3v) is 2.74. The van der Waals surface area contributed by atoms with Crippen LogP contribution in [-0.2, 0) is 19.1 Å². The molecule has 0 spiro atoms. The lowest BCUT2D eigenvalue weighted by molar-refractivity contribution is -0.156. The van der Waals surface area contributed by atoms with E-state index in [1.54, 1.807) is 12.2 Å². The number of carbonyl (C=O) groups is 2. The van der Waals surface area contributed by atoms with Crippen LogP contribution in [0, 0.1) is 11.8 Å². The maximum absolute atomic E-state index is 12.0. The van der Waals surface area contributed by atoms with Gasteiger partial charge in [-0.2, -0.15) is 0 Å². The Morgan fingerprint density at radius 2 is 1.79 bits per heavy atom. The standard InChI is InChI=1S/C15H18O4/c1-4-9-18-14(16)12-8-6-7-11(3)13(12)15(17)19-10-5-2/h4-6,8,12-13H,1-3,7,9-10H2. The summed E-state index contributed by atoms with van der Waals surface area (Å²) in [5.74, 6) is -2.33. The van der Waals surface area contributed by atoms with Crippen molar-refractivity contribution in [2.75, 3.05) is 13.2 Å². The Morgan fingerprint density at radius 3 is 2.37 bits per heavy atom. The van der Waals surface area contributed by atoms with Gasteiger partial charge in [0.2, 0.25) is 0 Å². The van der Waals surface area contributed by atoms with Crippen LogP contribution in [-0.4, -0.2) is 25.2 Å². The SMILES string of the molecule is C=CCOC(=O)C1C=CCC(=C)C1C(=O)OCC=C. The quantitative estimate of drug-likeness (QED) is 0.544. The maximum Gasteiger partial charge on any atom is 0.314 e. The molecule has 0 aromatic rings. The zero-order valence-electron chi connectivity index (χ0n) is 10.8. The number of hydrogen-bond acceptors (Lipinski definition) is 4. The molecule has 2 unspecified atom stereocenters. The molecule has 1 aliphatic carbocycles. The van der Waals surface area contributed by atoms with E-state index >= 15 is 0 Å². The van der Waals surface area contributed by atoms with Gasteiger partial charge in [0.1, 0.15) is 13.2 Å². The van der Waals surface area contributed by atoms with Crippen molar-refractivity contribution in [3.8, 4) is 0 Å². The highest BCUT2D eigenvalue weighted by Crippen LogP contribution is 2.30. The Kier molecular flexibility index (Phi) is 5.79. The molecule has 0 N–H and O–H groups in total. The third kappa shape index (κ3) is 3.95. The van der Waals surface area contributed by atoms with Crippen LogP contribution in [0.15, 0.2) is 49.6 Å². The van der Waals surface area contributed by atoms with Crippen molar-refractivity contribution in [3.63, 3.8) is 0 Å². The molecule has 1 rings (SSSR count).